The summed E-state index contributed by atoms with van der Waals surface area (Å²) >= 11 is 0. The zero-order valence-electron chi connectivity index (χ0n) is 10.0. The van der Waals surface area contributed by atoms with E-state index in [4.69, 9.17) is 5.11 Å². The third kappa shape index (κ3) is 2.29. The summed E-state index contributed by atoms with van der Waals surface area (Å²) in [5.41, 5.74) is 2.10. The molecule has 0 fully saturated rings. The van der Waals surface area contributed by atoms with Gasteiger partial charge in [0.2, 0.25) is 5.91 Å². The van der Waals surface area contributed by atoms with E-state index in [1.54, 1.807) is 18.2 Å². The molecule has 0 aliphatic heterocycles. The molecule has 0 spiro atoms. The number of aromatic carboxylic acids is 1. The molecule has 1 amide bonds. The molecule has 5 heteroatoms. The lowest BCUT2D eigenvalue weighted by molar-refractivity contribution is -0.114. The maximum Gasteiger partial charge on any atom is 0.354 e. The van der Waals surface area contributed by atoms with Gasteiger partial charge in [-0.3, -0.25) is 4.79 Å². The van der Waals surface area contributed by atoms with Crippen LogP contribution in [0.5, 0.6) is 0 Å². The molecule has 0 unspecified atom stereocenters. The molecule has 2 N–H and O–H groups in total. The van der Waals surface area contributed by atoms with Crippen LogP contribution in [0.4, 0.5) is 5.69 Å². The molecular formula is C13H12N2O3. The maximum absolute atomic E-state index is 11.0. The van der Waals surface area contributed by atoms with Crippen LogP contribution >= 0.6 is 0 Å². The van der Waals surface area contributed by atoms with E-state index in [1.807, 2.05) is 6.92 Å². The zero-order valence-corrected chi connectivity index (χ0v) is 10.0. The number of pyridine rings is 1. The summed E-state index contributed by atoms with van der Waals surface area (Å²) in [7, 11) is 0. The number of rotatable bonds is 2. The average molecular weight is 244 g/mol. The normalized spacial score (nSPS) is 10.3. The maximum atomic E-state index is 11.0. The lowest BCUT2D eigenvalue weighted by atomic mass is 10.1. The van der Waals surface area contributed by atoms with Gasteiger partial charge >= 0.3 is 5.97 Å². The monoisotopic (exact) mass is 244 g/mol. The van der Waals surface area contributed by atoms with Crippen molar-refractivity contribution < 1.29 is 14.7 Å². The summed E-state index contributed by atoms with van der Waals surface area (Å²) in [6, 6.07) is 6.69. The number of carbonyl (C=O) groups excluding carboxylic acids is 1. The Kier molecular flexibility index (Phi) is 2.97. The Morgan fingerprint density at radius 2 is 2.00 bits per heavy atom. The fourth-order valence-corrected chi connectivity index (χ4v) is 1.78. The Morgan fingerprint density at radius 1 is 1.28 bits per heavy atom. The third-order valence-corrected chi connectivity index (χ3v) is 2.56. The molecule has 0 aliphatic rings. The van der Waals surface area contributed by atoms with Crippen molar-refractivity contribution in [1.29, 1.82) is 0 Å². The van der Waals surface area contributed by atoms with Gasteiger partial charge in [-0.25, -0.2) is 9.78 Å². The number of amides is 1. The van der Waals surface area contributed by atoms with Crippen molar-refractivity contribution in [2.24, 2.45) is 0 Å². The van der Waals surface area contributed by atoms with Crippen molar-refractivity contribution in [3.8, 4) is 0 Å². The van der Waals surface area contributed by atoms with Crippen molar-refractivity contribution in [3.05, 3.63) is 35.5 Å². The highest BCUT2D eigenvalue weighted by molar-refractivity contribution is 5.95. The largest absolute Gasteiger partial charge is 0.477 e. The first-order chi connectivity index (χ1) is 8.47. The predicted octanol–water partition coefficient (Wildman–Crippen LogP) is 2.20. The molecule has 0 saturated carbocycles. The number of aromatic nitrogens is 1. The summed E-state index contributed by atoms with van der Waals surface area (Å²) in [5, 5.41) is 12.4. The molecule has 0 atom stereocenters. The first kappa shape index (κ1) is 12.0. The summed E-state index contributed by atoms with van der Waals surface area (Å²) in [6.45, 7) is 3.25. The van der Waals surface area contributed by atoms with E-state index in [-0.39, 0.29) is 11.6 Å². The average Bonchev–Trinajstić information content (AvgIpc) is 2.28. The number of anilines is 1. The minimum Gasteiger partial charge on any atom is -0.477 e. The summed E-state index contributed by atoms with van der Waals surface area (Å²) < 4.78 is 0. The van der Waals surface area contributed by atoms with E-state index in [0.29, 0.717) is 11.2 Å². The van der Waals surface area contributed by atoms with Crippen LogP contribution in [0.15, 0.2) is 24.3 Å². The van der Waals surface area contributed by atoms with Gasteiger partial charge < -0.3 is 10.4 Å². The smallest absolute Gasteiger partial charge is 0.354 e. The molecule has 0 saturated heterocycles. The van der Waals surface area contributed by atoms with Crippen LogP contribution in [0.2, 0.25) is 0 Å². The minimum atomic E-state index is -1.05. The van der Waals surface area contributed by atoms with Gasteiger partial charge in [0.15, 0.2) is 0 Å². The number of carboxylic acids is 1. The van der Waals surface area contributed by atoms with Gasteiger partial charge in [0.25, 0.3) is 0 Å². The number of nitrogens with zero attached hydrogens (tertiary/aromatic N) is 1. The van der Waals surface area contributed by atoms with E-state index in [9.17, 15) is 9.59 Å². The molecule has 2 aromatic rings. The quantitative estimate of drug-likeness (QED) is 0.848. The molecule has 0 aliphatic carbocycles. The topological polar surface area (TPSA) is 79.3 Å². The molecule has 0 bridgehead atoms. The third-order valence-electron chi connectivity index (χ3n) is 2.56. The van der Waals surface area contributed by atoms with E-state index in [1.165, 1.54) is 13.0 Å². The fourth-order valence-electron chi connectivity index (χ4n) is 1.78. The number of nitrogens with one attached hydrogen (secondary N) is 1. The van der Waals surface area contributed by atoms with Gasteiger partial charge in [-0.15, -0.1) is 0 Å². The standard InChI is InChI=1S/C13H12N2O3/c1-7-5-12(13(17)18)15-11-4-3-9(6-10(7)11)14-8(2)16/h3-6H,1-2H3,(H,14,16)(H,17,18). The van der Waals surface area contributed by atoms with Crippen molar-refractivity contribution in [2.75, 3.05) is 5.32 Å². The predicted molar refractivity (Wildman–Crippen MR) is 67.7 cm³/mol. The number of benzene rings is 1. The number of hydrogen-bond acceptors (Lipinski definition) is 3. The van der Waals surface area contributed by atoms with Crippen LogP contribution in [0, 0.1) is 6.92 Å². The highest BCUT2D eigenvalue weighted by Crippen LogP contribution is 2.22. The molecule has 1 heterocycles. The molecule has 1 aromatic heterocycles. The first-order valence-electron chi connectivity index (χ1n) is 5.39. The second kappa shape index (κ2) is 4.44. The Bertz CT molecular complexity index is 650. The van der Waals surface area contributed by atoms with Crippen LogP contribution in [-0.4, -0.2) is 22.0 Å². The second-order valence-corrected chi connectivity index (χ2v) is 4.04. The van der Waals surface area contributed by atoms with E-state index in [0.717, 1.165) is 10.9 Å². The molecule has 5 nitrogen and oxygen atoms in total. The Labute approximate surface area is 103 Å². The highest BCUT2D eigenvalue weighted by atomic mass is 16.4. The van der Waals surface area contributed by atoms with Crippen molar-refractivity contribution in [1.82, 2.24) is 4.98 Å². The van der Waals surface area contributed by atoms with Gasteiger partial charge in [0.05, 0.1) is 5.52 Å². The van der Waals surface area contributed by atoms with Crippen LogP contribution in [-0.2, 0) is 4.79 Å². The van der Waals surface area contributed by atoms with Gasteiger partial charge in [0.1, 0.15) is 5.69 Å². The fraction of sp³-hybridized carbons (Fsp3) is 0.154. The molecule has 0 radical (unpaired) electrons. The number of carbonyl (C=O) groups is 2. The molecule has 92 valence electrons. The highest BCUT2D eigenvalue weighted by Gasteiger charge is 2.09. The Hall–Kier alpha value is -2.43. The minimum absolute atomic E-state index is 0.0206. The van der Waals surface area contributed by atoms with Crippen LogP contribution in [0.3, 0.4) is 0 Å². The number of carboxylic acid groups (broad SMARTS) is 1. The molecular weight excluding hydrogens is 232 g/mol. The van der Waals surface area contributed by atoms with Crippen molar-refractivity contribution in [2.45, 2.75) is 13.8 Å². The van der Waals surface area contributed by atoms with Gasteiger partial charge in [-0.05, 0) is 36.8 Å². The number of aryl methyl sites for hydroxylation is 1. The zero-order chi connectivity index (χ0) is 13.3. The summed E-state index contributed by atoms with van der Waals surface area (Å²) in [4.78, 5) is 25.9. The van der Waals surface area contributed by atoms with Gasteiger partial charge in [-0.1, -0.05) is 0 Å². The van der Waals surface area contributed by atoms with E-state index >= 15 is 0 Å². The van der Waals surface area contributed by atoms with E-state index in [2.05, 4.69) is 10.3 Å². The summed E-state index contributed by atoms with van der Waals surface area (Å²) in [6.07, 6.45) is 0. The van der Waals surface area contributed by atoms with Crippen molar-refractivity contribution in [3.63, 3.8) is 0 Å². The number of fused-ring (bicyclic) bond motifs is 1. The Balaban J connectivity index is 2.57. The lowest BCUT2D eigenvalue weighted by Crippen LogP contribution is -2.06. The molecule has 1 aromatic carbocycles. The van der Waals surface area contributed by atoms with Crippen LogP contribution < -0.4 is 5.32 Å². The van der Waals surface area contributed by atoms with Gasteiger partial charge in [-0.2, -0.15) is 0 Å². The first-order valence-corrected chi connectivity index (χ1v) is 5.39. The van der Waals surface area contributed by atoms with Crippen LogP contribution in [0.1, 0.15) is 23.0 Å². The van der Waals surface area contributed by atoms with Crippen molar-refractivity contribution >= 4 is 28.5 Å². The Morgan fingerprint density at radius 3 is 2.61 bits per heavy atom. The molecule has 18 heavy (non-hydrogen) atoms. The lowest BCUT2D eigenvalue weighted by Gasteiger charge is -2.07. The number of hydrogen-bond donors (Lipinski definition) is 2. The molecule has 2 rings (SSSR count). The second-order valence-electron chi connectivity index (χ2n) is 4.04. The SMILES string of the molecule is CC(=O)Nc1ccc2nc(C(=O)O)cc(C)c2c1. The van der Waals surface area contributed by atoms with E-state index < -0.39 is 5.97 Å². The van der Waals surface area contributed by atoms with Crippen LogP contribution in [0.25, 0.3) is 10.9 Å². The van der Waals surface area contributed by atoms with Gasteiger partial charge in [0, 0.05) is 18.0 Å². The summed E-state index contributed by atoms with van der Waals surface area (Å²) in [5.74, 6) is -1.20.